The van der Waals surface area contributed by atoms with Crippen LogP contribution in [0.15, 0.2) is 40.2 Å². The summed E-state index contributed by atoms with van der Waals surface area (Å²) in [6.07, 6.45) is 7.42. The minimum Gasteiger partial charge on any atom is -0.481 e. The summed E-state index contributed by atoms with van der Waals surface area (Å²) in [5, 5.41) is 12.9. The van der Waals surface area contributed by atoms with E-state index >= 15 is 0 Å². The van der Waals surface area contributed by atoms with Crippen LogP contribution in [0.4, 0.5) is 4.39 Å². The van der Waals surface area contributed by atoms with Crippen molar-refractivity contribution in [1.29, 1.82) is 0 Å². The summed E-state index contributed by atoms with van der Waals surface area (Å²) in [5.74, 6) is -0.606. The number of allylic oxidation sites excluding steroid dienone is 2. The largest absolute Gasteiger partial charge is 0.481 e. The third-order valence-electron chi connectivity index (χ3n) is 17.3. The molecule has 318 valence electrons. The number of aromatic nitrogens is 2. The number of ether oxygens (including phenoxy) is 1. The zero-order valence-corrected chi connectivity index (χ0v) is 36.9. The fourth-order valence-electron chi connectivity index (χ4n) is 14.3. The van der Waals surface area contributed by atoms with Gasteiger partial charge in [0.1, 0.15) is 11.9 Å². The summed E-state index contributed by atoms with van der Waals surface area (Å²) in [4.78, 5) is 54.0. The Morgan fingerprint density at radius 1 is 0.948 bits per heavy atom. The van der Waals surface area contributed by atoms with Gasteiger partial charge in [-0.25, -0.2) is 9.07 Å². The van der Waals surface area contributed by atoms with E-state index in [9.17, 15) is 28.7 Å². The SMILES string of the molecule is CNCCn1c([C@@]23CC[C@]4(C)[C@H](CC[C@@H]5[C@@]6(C)CC[C@H](OC(=O)CC(C)(C)C(=O)O)C(C)(C)[C@@H]6CC[C@]54C)C2=C(C(C)C)C(=O)C3)c(C)c(=O)n1-c1ccc(F)cc1. The van der Waals surface area contributed by atoms with Crippen molar-refractivity contribution in [2.24, 2.45) is 50.7 Å². The van der Waals surface area contributed by atoms with Gasteiger partial charge in [-0.15, -0.1) is 0 Å². The Hall–Kier alpha value is -3.53. The summed E-state index contributed by atoms with van der Waals surface area (Å²) >= 11 is 0. The molecule has 9 nitrogen and oxygen atoms in total. The molecule has 10 heteroatoms. The smallest absolute Gasteiger partial charge is 0.309 e. The van der Waals surface area contributed by atoms with Crippen molar-refractivity contribution >= 4 is 17.7 Å². The molecule has 0 aliphatic heterocycles. The van der Waals surface area contributed by atoms with E-state index in [1.54, 1.807) is 30.7 Å². The van der Waals surface area contributed by atoms with Gasteiger partial charge in [0, 0.05) is 29.4 Å². The Morgan fingerprint density at radius 3 is 2.24 bits per heavy atom. The van der Waals surface area contributed by atoms with E-state index in [-0.39, 0.29) is 63.2 Å². The Morgan fingerprint density at radius 2 is 1.62 bits per heavy atom. The summed E-state index contributed by atoms with van der Waals surface area (Å²) in [5.41, 5.74) is 2.19. The van der Waals surface area contributed by atoms with E-state index in [1.807, 2.05) is 14.0 Å². The van der Waals surface area contributed by atoms with Gasteiger partial charge in [0.2, 0.25) is 0 Å². The van der Waals surface area contributed by atoms with Gasteiger partial charge in [-0.2, -0.15) is 0 Å². The lowest BCUT2D eigenvalue weighted by Gasteiger charge is -2.72. The molecular formula is C48H68FN3O6. The van der Waals surface area contributed by atoms with Crippen molar-refractivity contribution in [3.8, 4) is 5.69 Å². The van der Waals surface area contributed by atoms with Gasteiger partial charge < -0.3 is 15.2 Å². The molecular weight excluding hydrogens is 734 g/mol. The molecule has 2 N–H and O–H groups in total. The Labute approximate surface area is 344 Å². The number of carbonyl (C=O) groups is 3. The lowest BCUT2D eigenvalue weighted by atomic mass is 9.33. The Balaban J connectivity index is 1.28. The third kappa shape index (κ3) is 6.06. The fourth-order valence-corrected chi connectivity index (χ4v) is 14.3. The molecule has 0 amide bonds. The average molecular weight is 802 g/mol. The zero-order valence-electron chi connectivity index (χ0n) is 36.9. The molecule has 58 heavy (non-hydrogen) atoms. The number of ketones is 1. The number of nitrogens with one attached hydrogen (secondary N) is 1. The van der Waals surface area contributed by atoms with E-state index in [2.05, 4.69) is 58.5 Å². The van der Waals surface area contributed by atoms with Gasteiger partial charge in [-0.05, 0) is 155 Å². The van der Waals surface area contributed by atoms with Crippen molar-refractivity contribution in [1.82, 2.24) is 14.7 Å². The highest BCUT2D eigenvalue weighted by atomic mass is 19.1. The van der Waals surface area contributed by atoms with Crippen LogP contribution in [0.3, 0.4) is 0 Å². The number of hydrogen-bond donors (Lipinski definition) is 2. The number of hydrogen-bond acceptors (Lipinski definition) is 6. The van der Waals surface area contributed by atoms with Crippen molar-refractivity contribution in [3.05, 3.63) is 62.8 Å². The lowest BCUT2D eigenvalue weighted by molar-refractivity contribution is -0.232. The molecule has 7 rings (SSSR count). The van der Waals surface area contributed by atoms with Crippen LogP contribution in [-0.2, 0) is 31.1 Å². The van der Waals surface area contributed by atoms with Crippen LogP contribution in [0, 0.1) is 63.5 Å². The second-order valence-corrected chi connectivity index (χ2v) is 21.3. The standard InChI is InChI=1S/C48H68FN3O6/c1-28(2)38-33(53)26-48(40-29(3)41(55)52(51(40)25-24-50-11)31-14-12-30(49)13-15-31)23-22-46(9)32(39(38)48)16-17-35-45(8)20-19-36(58-37(54)27-43(4,5)42(56)57)44(6,7)34(45)18-21-47(35,46)10/h12-15,28,32,34-36,50H,16-27H2,1-11H3,(H,56,57)/t32-,34+,35-,36+,45+,46-,47-,48-/m1/s1. The first-order valence-corrected chi connectivity index (χ1v) is 22.0. The molecule has 4 saturated carbocycles. The quantitative estimate of drug-likeness (QED) is 0.230. The van der Waals surface area contributed by atoms with Crippen LogP contribution in [0.2, 0.25) is 0 Å². The van der Waals surface area contributed by atoms with Gasteiger partial charge >= 0.3 is 11.9 Å². The molecule has 1 heterocycles. The number of rotatable bonds is 10. The van der Waals surface area contributed by atoms with E-state index < -0.39 is 22.8 Å². The van der Waals surface area contributed by atoms with E-state index in [4.69, 9.17) is 4.74 Å². The number of Topliss-reactive ketones (excluding diaryl/α,β-unsaturated/α-hetero) is 1. The number of benzene rings is 1. The van der Waals surface area contributed by atoms with Gasteiger partial charge in [-0.1, -0.05) is 48.5 Å². The number of aliphatic carboxylic acids is 1. The van der Waals surface area contributed by atoms with Crippen LogP contribution in [0.25, 0.3) is 5.69 Å². The number of carboxylic acid groups (broad SMARTS) is 1. The molecule has 4 fully saturated rings. The van der Waals surface area contributed by atoms with Crippen molar-refractivity contribution in [2.75, 3.05) is 13.6 Å². The molecule has 0 spiro atoms. The first-order chi connectivity index (χ1) is 27.0. The maximum atomic E-state index is 14.6. The molecule has 2 aromatic rings. The average Bonchev–Trinajstić information content (AvgIpc) is 3.58. The molecule has 1 aromatic carbocycles. The third-order valence-corrected chi connectivity index (χ3v) is 17.3. The summed E-state index contributed by atoms with van der Waals surface area (Å²) in [6.45, 7) is 22.6. The summed E-state index contributed by atoms with van der Waals surface area (Å²) in [6, 6.07) is 6.13. The van der Waals surface area contributed by atoms with Crippen LogP contribution >= 0.6 is 0 Å². The molecule has 8 atom stereocenters. The van der Waals surface area contributed by atoms with Gasteiger partial charge in [-0.3, -0.25) is 23.9 Å². The molecule has 5 aliphatic rings. The monoisotopic (exact) mass is 802 g/mol. The highest BCUT2D eigenvalue weighted by Gasteiger charge is 2.71. The van der Waals surface area contributed by atoms with Crippen LogP contribution in [0.1, 0.15) is 138 Å². The second kappa shape index (κ2) is 14.3. The molecule has 0 saturated heterocycles. The number of carbonyl (C=O) groups excluding carboxylic acids is 2. The van der Waals surface area contributed by atoms with E-state index in [0.717, 1.165) is 62.6 Å². The highest BCUT2D eigenvalue weighted by molar-refractivity contribution is 6.02. The molecule has 0 unspecified atom stereocenters. The number of fused-ring (bicyclic) bond motifs is 7. The van der Waals surface area contributed by atoms with Crippen LogP contribution < -0.4 is 10.9 Å². The predicted octanol–water partition coefficient (Wildman–Crippen LogP) is 8.95. The highest BCUT2D eigenvalue weighted by Crippen LogP contribution is 2.77. The normalized spacial score (nSPS) is 34.3. The van der Waals surface area contributed by atoms with E-state index in [1.165, 1.54) is 17.7 Å². The Kier molecular flexibility index (Phi) is 10.5. The van der Waals surface area contributed by atoms with Crippen LogP contribution in [-0.4, -0.2) is 51.9 Å². The lowest BCUT2D eigenvalue weighted by Crippen LogP contribution is -2.66. The molecule has 0 radical (unpaired) electrons. The number of carboxylic acids is 1. The number of nitrogens with zero attached hydrogens (tertiary/aromatic N) is 2. The summed E-state index contributed by atoms with van der Waals surface area (Å²) < 4.78 is 24.2. The predicted molar refractivity (Wildman–Crippen MR) is 223 cm³/mol. The summed E-state index contributed by atoms with van der Waals surface area (Å²) in [7, 11) is 1.90. The Bertz CT molecular complexity index is 2090. The van der Waals surface area contributed by atoms with Crippen molar-refractivity contribution < 1.29 is 28.6 Å². The first kappa shape index (κ1) is 42.6. The zero-order chi connectivity index (χ0) is 42.5. The first-order valence-electron chi connectivity index (χ1n) is 22.0. The maximum Gasteiger partial charge on any atom is 0.309 e. The number of likely N-dealkylation sites (N-methyl/N-ethyl adjacent to an activating group) is 1. The van der Waals surface area contributed by atoms with E-state index in [0.29, 0.717) is 42.6 Å². The topological polar surface area (TPSA) is 120 Å². The van der Waals surface area contributed by atoms with Crippen molar-refractivity contribution in [3.63, 3.8) is 0 Å². The van der Waals surface area contributed by atoms with Gasteiger partial charge in [0.15, 0.2) is 5.78 Å². The maximum absolute atomic E-state index is 14.6. The molecule has 5 aliphatic carbocycles. The minimum atomic E-state index is -1.19. The number of halogens is 1. The van der Waals surface area contributed by atoms with Crippen molar-refractivity contribution in [2.45, 2.75) is 152 Å². The van der Waals surface area contributed by atoms with Gasteiger partial charge in [0.25, 0.3) is 5.56 Å². The molecule has 1 aromatic heterocycles. The minimum absolute atomic E-state index is 0.0135. The van der Waals surface area contributed by atoms with Crippen LogP contribution in [0.5, 0.6) is 0 Å². The number of esters is 1. The second-order valence-electron chi connectivity index (χ2n) is 21.3. The fraction of sp³-hybridized carbons (Fsp3) is 0.708. The molecule has 0 bridgehead atoms. The van der Waals surface area contributed by atoms with Gasteiger partial charge in [0.05, 0.1) is 29.8 Å².